The van der Waals surface area contributed by atoms with E-state index in [1.807, 2.05) is 0 Å². The first-order valence-electron chi connectivity index (χ1n) is 7.24. The number of hydrogen-bond donors (Lipinski definition) is 2. The number of nitrogens with one attached hydrogen (secondary N) is 1. The number of furan rings is 1. The first kappa shape index (κ1) is 15.6. The van der Waals surface area contributed by atoms with Crippen molar-refractivity contribution >= 4 is 29.1 Å². The van der Waals surface area contributed by atoms with E-state index in [2.05, 4.69) is 5.32 Å². The summed E-state index contributed by atoms with van der Waals surface area (Å²) < 4.78 is 5.13. The molecule has 1 atom stereocenters. The fourth-order valence-corrected chi connectivity index (χ4v) is 2.67. The number of nitrogens with zero attached hydrogens (tertiary/aromatic N) is 1. The Labute approximate surface area is 138 Å². The van der Waals surface area contributed by atoms with E-state index in [4.69, 9.17) is 21.8 Å². The van der Waals surface area contributed by atoms with Gasteiger partial charge in [0, 0.05) is 17.3 Å². The van der Waals surface area contributed by atoms with E-state index in [1.54, 1.807) is 35.2 Å². The van der Waals surface area contributed by atoms with Gasteiger partial charge in [-0.15, -0.1) is 0 Å². The monoisotopic (exact) mass is 333 g/mol. The lowest BCUT2D eigenvalue weighted by atomic mass is 10.2. The minimum absolute atomic E-state index is 0.136. The van der Waals surface area contributed by atoms with Crippen molar-refractivity contribution in [2.24, 2.45) is 5.73 Å². The lowest BCUT2D eigenvalue weighted by molar-refractivity contribution is -0.118. The van der Waals surface area contributed by atoms with Crippen molar-refractivity contribution in [3.8, 4) is 0 Å². The fraction of sp³-hybridized carbons (Fsp3) is 0.250. The van der Waals surface area contributed by atoms with Crippen LogP contribution in [0.4, 0.5) is 5.69 Å². The summed E-state index contributed by atoms with van der Waals surface area (Å²) in [6.07, 6.45) is 1.89. The number of halogens is 1. The normalized spacial score (nSPS) is 17.6. The van der Waals surface area contributed by atoms with Crippen molar-refractivity contribution < 1.29 is 14.0 Å². The molecule has 0 spiro atoms. The highest BCUT2D eigenvalue weighted by Crippen LogP contribution is 2.23. The minimum Gasteiger partial charge on any atom is -0.467 e. The summed E-state index contributed by atoms with van der Waals surface area (Å²) in [6, 6.07) is 8.06. The van der Waals surface area contributed by atoms with E-state index in [1.165, 1.54) is 6.26 Å². The number of hydrogen-bond acceptors (Lipinski definition) is 4. The Morgan fingerprint density at radius 1 is 1.39 bits per heavy atom. The predicted molar refractivity (Wildman–Crippen MR) is 86.3 cm³/mol. The predicted octanol–water partition coefficient (Wildman–Crippen LogP) is 1.93. The molecule has 0 radical (unpaired) electrons. The molecule has 1 fully saturated rings. The zero-order valence-electron chi connectivity index (χ0n) is 12.3. The molecule has 120 valence electrons. The lowest BCUT2D eigenvalue weighted by Crippen LogP contribution is -2.41. The second-order valence-corrected chi connectivity index (χ2v) is 5.72. The van der Waals surface area contributed by atoms with E-state index in [9.17, 15) is 9.59 Å². The van der Waals surface area contributed by atoms with Crippen LogP contribution in [-0.2, 0) is 11.3 Å². The Balaban J connectivity index is 1.67. The second-order valence-electron chi connectivity index (χ2n) is 5.29. The van der Waals surface area contributed by atoms with Crippen LogP contribution in [0.1, 0.15) is 22.5 Å². The largest absolute Gasteiger partial charge is 0.467 e. The molecule has 1 aliphatic heterocycles. The Morgan fingerprint density at radius 3 is 2.78 bits per heavy atom. The third-order valence-electron chi connectivity index (χ3n) is 3.77. The standard InChI is InChI=1S/C16H16ClN3O3/c17-11-1-3-12(4-2-11)20-6-5-14(16(20)22)19-15(21)10-7-13(8-18)23-9-10/h1-4,7,9,14H,5-6,8,18H2,(H,19,21). The Kier molecular flexibility index (Phi) is 4.36. The molecule has 1 aromatic heterocycles. The molecule has 2 amide bonds. The molecule has 0 bridgehead atoms. The lowest BCUT2D eigenvalue weighted by Gasteiger charge is -2.17. The van der Waals surface area contributed by atoms with Gasteiger partial charge >= 0.3 is 0 Å². The van der Waals surface area contributed by atoms with E-state index in [0.29, 0.717) is 29.3 Å². The summed E-state index contributed by atoms with van der Waals surface area (Å²) >= 11 is 5.86. The zero-order chi connectivity index (χ0) is 16.4. The van der Waals surface area contributed by atoms with Crippen molar-refractivity contribution in [2.45, 2.75) is 19.0 Å². The quantitative estimate of drug-likeness (QED) is 0.894. The number of carbonyl (C=O) groups excluding carboxylic acids is 2. The summed E-state index contributed by atoms with van der Waals surface area (Å²) in [5.74, 6) is 0.0451. The van der Waals surface area contributed by atoms with Crippen LogP contribution in [0.15, 0.2) is 41.0 Å². The molecule has 1 aromatic carbocycles. The van der Waals surface area contributed by atoms with E-state index >= 15 is 0 Å². The number of rotatable bonds is 4. The number of benzene rings is 1. The molecular weight excluding hydrogens is 318 g/mol. The van der Waals surface area contributed by atoms with Gasteiger partial charge in [-0.25, -0.2) is 0 Å². The third kappa shape index (κ3) is 3.23. The zero-order valence-corrected chi connectivity index (χ0v) is 13.0. The van der Waals surface area contributed by atoms with Crippen LogP contribution in [0.3, 0.4) is 0 Å². The maximum Gasteiger partial charge on any atom is 0.255 e. The van der Waals surface area contributed by atoms with Gasteiger partial charge in [-0.1, -0.05) is 11.6 Å². The number of anilines is 1. The van der Waals surface area contributed by atoms with Gasteiger partial charge in [-0.3, -0.25) is 9.59 Å². The Bertz CT molecular complexity index is 726. The topological polar surface area (TPSA) is 88.6 Å². The second kappa shape index (κ2) is 6.44. The molecule has 0 aliphatic carbocycles. The molecule has 23 heavy (non-hydrogen) atoms. The molecule has 3 rings (SSSR count). The van der Waals surface area contributed by atoms with Gasteiger partial charge in [0.25, 0.3) is 5.91 Å². The molecule has 6 nitrogen and oxygen atoms in total. The van der Waals surface area contributed by atoms with Crippen molar-refractivity contribution in [3.05, 3.63) is 52.9 Å². The van der Waals surface area contributed by atoms with Gasteiger partial charge in [0.2, 0.25) is 5.91 Å². The first-order chi connectivity index (χ1) is 11.1. The van der Waals surface area contributed by atoms with Crippen molar-refractivity contribution in [1.29, 1.82) is 0 Å². The highest BCUT2D eigenvalue weighted by atomic mass is 35.5. The Morgan fingerprint density at radius 2 is 2.13 bits per heavy atom. The summed E-state index contributed by atoms with van der Waals surface area (Å²) in [7, 11) is 0. The summed E-state index contributed by atoms with van der Waals surface area (Å²) in [5, 5.41) is 3.35. The minimum atomic E-state index is -0.547. The van der Waals surface area contributed by atoms with Crippen molar-refractivity contribution in [3.63, 3.8) is 0 Å². The summed E-state index contributed by atoms with van der Waals surface area (Å²) in [5.41, 5.74) is 6.58. The molecule has 1 aliphatic rings. The molecule has 1 saturated heterocycles. The number of amides is 2. The summed E-state index contributed by atoms with van der Waals surface area (Å²) in [4.78, 5) is 26.3. The molecule has 3 N–H and O–H groups in total. The van der Waals surface area contributed by atoms with Crippen LogP contribution >= 0.6 is 11.6 Å². The van der Waals surface area contributed by atoms with Gasteiger partial charge in [-0.2, -0.15) is 0 Å². The van der Waals surface area contributed by atoms with Gasteiger partial charge in [0.05, 0.1) is 12.1 Å². The molecule has 7 heteroatoms. The SMILES string of the molecule is NCc1cc(C(=O)NC2CCN(c3ccc(Cl)cc3)C2=O)co1. The van der Waals surface area contributed by atoms with Crippen LogP contribution in [-0.4, -0.2) is 24.4 Å². The molecule has 2 heterocycles. The maximum absolute atomic E-state index is 12.5. The van der Waals surface area contributed by atoms with Crippen LogP contribution in [0, 0.1) is 0 Å². The van der Waals surface area contributed by atoms with Crippen molar-refractivity contribution in [2.75, 3.05) is 11.4 Å². The van der Waals surface area contributed by atoms with Crippen LogP contribution in [0.25, 0.3) is 0 Å². The molecule has 0 saturated carbocycles. The van der Waals surface area contributed by atoms with Gasteiger partial charge in [0.15, 0.2) is 0 Å². The molecule has 1 unspecified atom stereocenters. The Hall–Kier alpha value is -2.31. The van der Waals surface area contributed by atoms with E-state index < -0.39 is 6.04 Å². The van der Waals surface area contributed by atoms with Gasteiger partial charge in [-0.05, 0) is 36.8 Å². The van der Waals surface area contributed by atoms with E-state index in [0.717, 1.165) is 5.69 Å². The smallest absolute Gasteiger partial charge is 0.255 e. The summed E-state index contributed by atoms with van der Waals surface area (Å²) in [6.45, 7) is 0.769. The first-order valence-corrected chi connectivity index (χ1v) is 7.61. The molecular formula is C16H16ClN3O3. The molecule has 2 aromatic rings. The van der Waals surface area contributed by atoms with Crippen LogP contribution < -0.4 is 16.0 Å². The highest BCUT2D eigenvalue weighted by Gasteiger charge is 2.33. The van der Waals surface area contributed by atoms with Gasteiger partial charge in [0.1, 0.15) is 18.1 Å². The third-order valence-corrected chi connectivity index (χ3v) is 4.02. The maximum atomic E-state index is 12.5. The van der Waals surface area contributed by atoms with Crippen LogP contribution in [0.2, 0.25) is 5.02 Å². The van der Waals surface area contributed by atoms with Crippen LogP contribution in [0.5, 0.6) is 0 Å². The van der Waals surface area contributed by atoms with Crippen molar-refractivity contribution in [1.82, 2.24) is 5.32 Å². The fourth-order valence-electron chi connectivity index (χ4n) is 2.54. The van der Waals surface area contributed by atoms with E-state index in [-0.39, 0.29) is 18.4 Å². The number of carbonyl (C=O) groups is 2. The average molecular weight is 334 g/mol. The number of nitrogens with two attached hydrogens (primary N) is 1. The average Bonchev–Trinajstić information content (AvgIpc) is 3.16. The highest BCUT2D eigenvalue weighted by molar-refractivity contribution is 6.30. The van der Waals surface area contributed by atoms with Gasteiger partial charge < -0.3 is 20.4 Å².